The molecule has 1 fully saturated rings. The molecule has 0 unspecified atom stereocenters. The summed E-state index contributed by atoms with van der Waals surface area (Å²) in [5, 5.41) is 6.39. The first-order chi connectivity index (χ1) is 20.8. The Hall–Kier alpha value is -4.71. The average Bonchev–Trinajstić information content (AvgIpc) is 3.72. The van der Waals surface area contributed by atoms with E-state index in [1.807, 2.05) is 0 Å². The van der Waals surface area contributed by atoms with Gasteiger partial charge >= 0.3 is 6.18 Å². The number of nitrogens with zero attached hydrogens (tertiary/aromatic N) is 4. The molecule has 1 saturated heterocycles. The van der Waals surface area contributed by atoms with Crippen molar-refractivity contribution in [2.24, 2.45) is 4.99 Å². The highest BCUT2D eigenvalue weighted by Gasteiger charge is 2.31. The van der Waals surface area contributed by atoms with Crippen molar-refractivity contribution in [2.45, 2.75) is 19.0 Å². The minimum Gasteiger partial charge on any atom is -0.490 e. The van der Waals surface area contributed by atoms with Gasteiger partial charge < -0.3 is 20.1 Å². The Morgan fingerprint density at radius 2 is 1.84 bits per heavy atom. The number of benzene rings is 2. The number of hydrogen-bond acceptors (Lipinski definition) is 8. The molecule has 2 aromatic carbocycles. The third kappa shape index (κ3) is 6.86. The van der Waals surface area contributed by atoms with Crippen LogP contribution in [0.2, 0.25) is 0 Å². The van der Waals surface area contributed by atoms with E-state index in [0.29, 0.717) is 47.0 Å². The fraction of sp³-hybridized carbons (Fsp3) is 0.290. The molecule has 0 radical (unpaired) electrons. The second-order valence-electron chi connectivity index (χ2n) is 10.3. The van der Waals surface area contributed by atoms with Crippen molar-refractivity contribution in [3.63, 3.8) is 0 Å². The molecule has 4 heterocycles. The highest BCUT2D eigenvalue weighted by atomic mass is 19.4. The zero-order valence-corrected chi connectivity index (χ0v) is 23.2. The molecule has 9 nitrogen and oxygen atoms in total. The van der Waals surface area contributed by atoms with Gasteiger partial charge in [0.05, 0.1) is 28.9 Å². The Balaban J connectivity index is 1.20. The number of carbonyl (C=O) groups excluding carboxylic acids is 1. The predicted molar refractivity (Wildman–Crippen MR) is 156 cm³/mol. The molecule has 0 atom stereocenters. The molecule has 2 N–H and O–H groups in total. The van der Waals surface area contributed by atoms with Gasteiger partial charge in [-0.25, -0.2) is 0 Å². The number of aliphatic imine (C=N–C) groups is 1. The summed E-state index contributed by atoms with van der Waals surface area (Å²) < 4.78 is 52.3. The number of anilines is 1. The van der Waals surface area contributed by atoms with Crippen LogP contribution in [0.3, 0.4) is 0 Å². The van der Waals surface area contributed by atoms with Crippen LogP contribution in [-0.2, 0) is 6.18 Å². The predicted octanol–water partition coefficient (Wildman–Crippen LogP) is 5.52. The molecule has 6 rings (SSSR count). The van der Waals surface area contributed by atoms with Crippen LogP contribution in [0.15, 0.2) is 72.0 Å². The Kier molecular flexibility index (Phi) is 8.10. The average molecular weight is 591 g/mol. The Morgan fingerprint density at radius 1 is 1.00 bits per heavy atom. The maximum absolute atomic E-state index is 13.5. The second kappa shape index (κ2) is 12.3. The molecule has 43 heavy (non-hydrogen) atoms. The van der Waals surface area contributed by atoms with Crippen LogP contribution in [0.1, 0.15) is 34.5 Å². The van der Waals surface area contributed by atoms with Gasteiger partial charge in [-0.2, -0.15) is 13.2 Å². The summed E-state index contributed by atoms with van der Waals surface area (Å²) in [7, 11) is 0. The third-order valence-electron chi connectivity index (χ3n) is 7.22. The number of fused-ring (bicyclic) bond motifs is 1. The summed E-state index contributed by atoms with van der Waals surface area (Å²) in [5.74, 6) is 1.33. The second-order valence-corrected chi connectivity index (χ2v) is 10.3. The van der Waals surface area contributed by atoms with Gasteiger partial charge in [0.15, 0.2) is 0 Å². The van der Waals surface area contributed by atoms with Crippen LogP contribution in [0.25, 0.3) is 10.9 Å². The van der Waals surface area contributed by atoms with E-state index in [0.717, 1.165) is 44.6 Å². The van der Waals surface area contributed by atoms with Gasteiger partial charge in [0, 0.05) is 36.9 Å². The van der Waals surface area contributed by atoms with Crippen LogP contribution < -0.4 is 20.1 Å². The van der Waals surface area contributed by atoms with Crippen molar-refractivity contribution in [3.8, 4) is 17.2 Å². The van der Waals surface area contributed by atoms with Crippen LogP contribution in [0.5, 0.6) is 17.2 Å². The number of aromatic nitrogens is 2. The van der Waals surface area contributed by atoms with Crippen molar-refractivity contribution in [1.82, 2.24) is 20.2 Å². The van der Waals surface area contributed by atoms with Gasteiger partial charge in [-0.15, -0.1) is 0 Å². The van der Waals surface area contributed by atoms with Crippen molar-refractivity contribution in [1.29, 1.82) is 0 Å². The van der Waals surface area contributed by atoms with E-state index in [-0.39, 0.29) is 23.6 Å². The van der Waals surface area contributed by atoms with E-state index < -0.39 is 17.6 Å². The van der Waals surface area contributed by atoms with Gasteiger partial charge in [-0.1, -0.05) is 0 Å². The molecule has 0 bridgehead atoms. The van der Waals surface area contributed by atoms with Gasteiger partial charge in [0.2, 0.25) is 0 Å². The first kappa shape index (κ1) is 28.4. The zero-order valence-electron chi connectivity index (χ0n) is 23.2. The lowest BCUT2D eigenvalue weighted by atomic mass is 10.1. The normalized spacial score (nSPS) is 15.3. The molecule has 2 aromatic heterocycles. The lowest BCUT2D eigenvalue weighted by Gasteiger charge is -2.18. The lowest BCUT2D eigenvalue weighted by molar-refractivity contribution is -0.137. The number of carbonyl (C=O) groups is 1. The molecule has 4 aromatic rings. The first-order valence-electron chi connectivity index (χ1n) is 14.0. The number of alkyl halides is 3. The fourth-order valence-corrected chi connectivity index (χ4v) is 5.02. The molecular weight excluding hydrogens is 561 g/mol. The number of amides is 1. The molecule has 0 aliphatic carbocycles. The minimum atomic E-state index is -4.58. The summed E-state index contributed by atoms with van der Waals surface area (Å²) in [4.78, 5) is 28.6. The van der Waals surface area contributed by atoms with E-state index >= 15 is 0 Å². The quantitative estimate of drug-likeness (QED) is 0.265. The van der Waals surface area contributed by atoms with Crippen LogP contribution >= 0.6 is 0 Å². The van der Waals surface area contributed by atoms with Crippen molar-refractivity contribution in [2.75, 3.05) is 44.6 Å². The SMILES string of the molecule is O=C(Nc1cc(C(F)(F)F)ccc1OCCN1CCCC1)c1cnc2ccc(Oc3ccnc(C4=NCCN4)c3)cc2c1. The van der Waals surface area contributed by atoms with Gasteiger partial charge in [-0.05, 0) is 74.5 Å². The summed E-state index contributed by atoms with van der Waals surface area (Å²) in [6.07, 6.45) is 0.673. The zero-order chi connectivity index (χ0) is 29.8. The largest absolute Gasteiger partial charge is 0.490 e. The summed E-state index contributed by atoms with van der Waals surface area (Å²) >= 11 is 0. The van der Waals surface area contributed by atoms with Gasteiger partial charge in [0.1, 0.15) is 35.4 Å². The number of hydrogen-bond donors (Lipinski definition) is 2. The Bertz CT molecular complexity index is 1670. The van der Waals surface area contributed by atoms with E-state index in [2.05, 4.69) is 30.5 Å². The molecule has 222 valence electrons. The summed E-state index contributed by atoms with van der Waals surface area (Å²) in [5.41, 5.74) is 0.511. The van der Waals surface area contributed by atoms with Crippen LogP contribution in [-0.4, -0.2) is 65.9 Å². The maximum atomic E-state index is 13.5. The maximum Gasteiger partial charge on any atom is 0.416 e. The van der Waals surface area contributed by atoms with E-state index in [1.54, 1.807) is 42.6 Å². The lowest BCUT2D eigenvalue weighted by Crippen LogP contribution is -2.25. The number of ether oxygens (including phenoxy) is 2. The number of likely N-dealkylation sites (tertiary alicyclic amines) is 1. The molecule has 2 aliphatic rings. The van der Waals surface area contributed by atoms with Crippen LogP contribution in [0, 0.1) is 0 Å². The Labute approximate surface area is 245 Å². The minimum absolute atomic E-state index is 0.0618. The summed E-state index contributed by atoms with van der Waals surface area (Å²) in [6.45, 7) is 4.34. The number of pyridine rings is 2. The molecule has 1 amide bonds. The molecule has 12 heteroatoms. The molecule has 2 aliphatic heterocycles. The molecule has 0 spiro atoms. The van der Waals surface area contributed by atoms with E-state index in [4.69, 9.17) is 9.47 Å². The van der Waals surface area contributed by atoms with E-state index in [1.165, 1.54) is 12.3 Å². The number of halogens is 3. The van der Waals surface area contributed by atoms with Crippen molar-refractivity contribution in [3.05, 3.63) is 83.8 Å². The number of rotatable bonds is 9. The highest BCUT2D eigenvalue weighted by Crippen LogP contribution is 2.35. The Morgan fingerprint density at radius 3 is 2.63 bits per heavy atom. The third-order valence-corrected chi connectivity index (χ3v) is 7.22. The topological polar surface area (TPSA) is 101 Å². The van der Waals surface area contributed by atoms with Gasteiger partial charge in [-0.3, -0.25) is 24.7 Å². The number of nitrogens with one attached hydrogen (secondary N) is 2. The summed E-state index contributed by atoms with van der Waals surface area (Å²) in [6, 6.07) is 13.5. The monoisotopic (exact) mass is 590 g/mol. The smallest absolute Gasteiger partial charge is 0.416 e. The van der Waals surface area contributed by atoms with E-state index in [9.17, 15) is 18.0 Å². The number of amidine groups is 1. The highest BCUT2D eigenvalue weighted by molar-refractivity contribution is 6.06. The van der Waals surface area contributed by atoms with Crippen molar-refractivity contribution < 1.29 is 27.4 Å². The molecule has 0 saturated carbocycles. The standard InChI is InChI=1S/C31H29F3N6O3/c32-31(33,34)22-3-6-28(42-14-13-40-11-1-2-12-40)26(17-22)39-30(41)21-15-20-16-23(4-5-25(20)38-19-21)43-24-7-8-35-27(18-24)29-36-9-10-37-29/h3-8,15-19H,1-2,9-14H2,(H,36,37)(H,39,41). The van der Waals surface area contributed by atoms with Crippen molar-refractivity contribution >= 4 is 28.3 Å². The fourth-order valence-electron chi connectivity index (χ4n) is 5.02. The van der Waals surface area contributed by atoms with Gasteiger partial charge in [0.25, 0.3) is 5.91 Å². The first-order valence-corrected chi connectivity index (χ1v) is 14.0. The molecular formula is C31H29F3N6O3. The van der Waals surface area contributed by atoms with Crippen LogP contribution in [0.4, 0.5) is 18.9 Å².